The number of carboxylic acids is 1. The zero-order valence-corrected chi connectivity index (χ0v) is 33.8. The quantitative estimate of drug-likeness (QED) is 0.110. The average Bonchev–Trinajstić information content (AvgIpc) is 3.22. The van der Waals surface area contributed by atoms with Crippen LogP contribution in [0, 0.1) is 23.5 Å². The minimum atomic E-state index is -0.963. The van der Waals surface area contributed by atoms with Crippen LogP contribution in [0.3, 0.4) is 0 Å². The topological polar surface area (TPSA) is 157 Å². The first-order valence-corrected chi connectivity index (χ1v) is 18.6. The third-order valence-corrected chi connectivity index (χ3v) is 9.08. The molecule has 14 heteroatoms. The Balaban J connectivity index is 0.00000106. The van der Waals surface area contributed by atoms with Gasteiger partial charge < -0.3 is 29.4 Å². The molecule has 12 nitrogen and oxygen atoms in total. The fraction of sp³-hybridized carbons (Fsp3) is 0.600. The number of aliphatic carboxylic acids is 1. The fourth-order valence-electron chi connectivity index (χ4n) is 5.70. The van der Waals surface area contributed by atoms with Crippen molar-refractivity contribution in [1.82, 2.24) is 14.8 Å². The highest BCUT2D eigenvalue weighted by Crippen LogP contribution is 2.41. The van der Waals surface area contributed by atoms with Gasteiger partial charge in [0.05, 0.1) is 12.6 Å². The van der Waals surface area contributed by atoms with E-state index in [9.17, 15) is 32.8 Å². The number of benzene rings is 1. The van der Waals surface area contributed by atoms with E-state index in [1.54, 1.807) is 30.5 Å². The lowest BCUT2D eigenvalue weighted by Gasteiger charge is -2.46. The number of ether oxygens (including phenoxy) is 2. The summed E-state index contributed by atoms with van der Waals surface area (Å²) in [6, 6.07) is 2.78. The Bertz CT molecular complexity index is 1670. The summed E-state index contributed by atoms with van der Waals surface area (Å²) >= 11 is 0. The van der Waals surface area contributed by atoms with Crippen LogP contribution in [0.15, 0.2) is 34.2 Å². The van der Waals surface area contributed by atoms with Crippen molar-refractivity contribution < 1.29 is 42.5 Å². The molecule has 0 aliphatic carbocycles. The van der Waals surface area contributed by atoms with Crippen LogP contribution in [-0.4, -0.2) is 71.0 Å². The van der Waals surface area contributed by atoms with Gasteiger partial charge in [-0.2, -0.15) is 0 Å². The van der Waals surface area contributed by atoms with Gasteiger partial charge in [-0.15, -0.1) is 0 Å². The Hall–Kier alpha value is -4.62. The monoisotopic (exact) mass is 762 g/mol. The molecule has 0 radical (unpaired) electrons. The van der Waals surface area contributed by atoms with Crippen LogP contribution in [0.4, 0.5) is 8.78 Å². The molecule has 3 unspecified atom stereocenters. The maximum atomic E-state index is 14.2. The number of pyridine rings is 1. The summed E-state index contributed by atoms with van der Waals surface area (Å²) in [6.45, 7) is 18.2. The molecule has 2 bridgehead atoms. The van der Waals surface area contributed by atoms with Gasteiger partial charge in [0, 0.05) is 63.8 Å². The number of unbranched alkanes of at least 4 members (excludes halogenated alkanes) is 2. The number of carbonyl (C=O) groups excluding carboxylic acids is 3. The zero-order chi connectivity index (χ0) is 41.3. The van der Waals surface area contributed by atoms with Gasteiger partial charge in [0.25, 0.3) is 11.8 Å². The molecule has 2 aromatic rings. The highest BCUT2D eigenvalue weighted by atomic mass is 19.1. The molecule has 2 aliphatic rings. The van der Waals surface area contributed by atoms with Gasteiger partial charge in [0.2, 0.25) is 11.2 Å². The SMILES string of the molecule is CC.CC(C)C.CC1CCC(C)C2(C)CN1C(=O)c1c(OC(=O)CCCCCC(=O)O)c(=O)c(C(=O)NCc3ccc(F)cc3F)cn12.CN=C(C)OC. The first kappa shape index (κ1) is 47.4. The van der Waals surface area contributed by atoms with Crippen LogP contribution < -0.4 is 15.5 Å². The van der Waals surface area contributed by atoms with Crippen molar-refractivity contribution in [3.63, 3.8) is 0 Å². The van der Waals surface area contributed by atoms with Gasteiger partial charge in [-0.1, -0.05) is 54.0 Å². The Morgan fingerprint density at radius 2 is 1.67 bits per heavy atom. The molecule has 2 N–H and O–H groups in total. The third-order valence-electron chi connectivity index (χ3n) is 9.08. The number of halogens is 2. The van der Waals surface area contributed by atoms with E-state index in [2.05, 4.69) is 35.8 Å². The maximum absolute atomic E-state index is 14.2. The van der Waals surface area contributed by atoms with E-state index in [1.807, 2.05) is 34.6 Å². The number of fused-ring (bicyclic) bond motifs is 4. The van der Waals surface area contributed by atoms with Crippen LogP contribution in [0.1, 0.15) is 134 Å². The molecular formula is C40H60F2N4O8. The van der Waals surface area contributed by atoms with Crippen LogP contribution >= 0.6 is 0 Å². The summed E-state index contributed by atoms with van der Waals surface area (Å²) in [5.74, 6) is -3.73. The van der Waals surface area contributed by atoms with E-state index < -0.39 is 57.7 Å². The summed E-state index contributed by atoms with van der Waals surface area (Å²) in [6.07, 6.45) is 3.76. The zero-order valence-electron chi connectivity index (χ0n) is 33.8. The predicted octanol–water partition coefficient (Wildman–Crippen LogP) is 7.36. The number of methoxy groups -OCH3 is 1. The van der Waals surface area contributed by atoms with Crippen molar-refractivity contribution in [2.75, 3.05) is 20.7 Å². The molecule has 302 valence electrons. The summed E-state index contributed by atoms with van der Waals surface area (Å²) < 4.78 is 39.2. The lowest BCUT2D eigenvalue weighted by molar-refractivity contribution is -0.137. The van der Waals surface area contributed by atoms with E-state index in [1.165, 1.54) is 12.3 Å². The van der Waals surface area contributed by atoms with Gasteiger partial charge in [-0.3, -0.25) is 29.0 Å². The molecule has 54 heavy (non-hydrogen) atoms. The number of nitrogens with one attached hydrogen (secondary N) is 1. The van der Waals surface area contributed by atoms with E-state index in [0.717, 1.165) is 30.7 Å². The number of carbonyl (C=O) groups is 4. The van der Waals surface area contributed by atoms with Crippen molar-refractivity contribution >= 4 is 29.7 Å². The van der Waals surface area contributed by atoms with Gasteiger partial charge in [0.1, 0.15) is 17.2 Å². The number of rotatable bonds is 10. The Labute approximate surface area is 318 Å². The maximum Gasteiger partial charge on any atom is 0.311 e. The largest absolute Gasteiger partial charge is 0.485 e. The first-order valence-electron chi connectivity index (χ1n) is 18.6. The van der Waals surface area contributed by atoms with Crippen molar-refractivity contribution in [2.45, 2.75) is 125 Å². The third kappa shape index (κ3) is 13.3. The number of nitrogens with zero attached hydrogens (tertiary/aromatic N) is 3. The smallest absolute Gasteiger partial charge is 0.311 e. The minimum Gasteiger partial charge on any atom is -0.485 e. The van der Waals surface area contributed by atoms with Crippen molar-refractivity contribution in [3.8, 4) is 5.75 Å². The molecule has 0 spiro atoms. The predicted molar refractivity (Wildman–Crippen MR) is 205 cm³/mol. The molecule has 2 aliphatic heterocycles. The second kappa shape index (κ2) is 22.6. The molecule has 1 aromatic carbocycles. The number of aliphatic imine (C=N–C) groups is 1. The van der Waals surface area contributed by atoms with Crippen molar-refractivity contribution in [2.24, 2.45) is 16.8 Å². The number of aromatic nitrogens is 1. The Morgan fingerprint density at radius 1 is 1.06 bits per heavy atom. The van der Waals surface area contributed by atoms with E-state index >= 15 is 0 Å². The number of esters is 1. The highest BCUT2D eigenvalue weighted by molar-refractivity contribution is 6.00. The van der Waals surface area contributed by atoms with Crippen LogP contribution in [0.25, 0.3) is 0 Å². The number of amides is 2. The van der Waals surface area contributed by atoms with Crippen molar-refractivity contribution in [3.05, 3.63) is 63.1 Å². The Kier molecular flexibility index (Phi) is 19.8. The lowest BCUT2D eigenvalue weighted by atomic mass is 9.82. The second-order valence-corrected chi connectivity index (χ2v) is 14.1. The molecule has 3 heterocycles. The van der Waals surface area contributed by atoms with E-state index in [0.29, 0.717) is 31.9 Å². The van der Waals surface area contributed by atoms with Crippen LogP contribution in [0.5, 0.6) is 5.75 Å². The van der Waals surface area contributed by atoms with E-state index in [4.69, 9.17) is 9.84 Å². The first-order chi connectivity index (χ1) is 25.4. The normalized spacial score (nSPS) is 18.7. The second-order valence-electron chi connectivity index (χ2n) is 14.1. The van der Waals surface area contributed by atoms with Crippen LogP contribution in [-0.2, 0) is 26.4 Å². The lowest BCUT2D eigenvalue weighted by Crippen LogP contribution is -2.56. The molecular weight excluding hydrogens is 702 g/mol. The van der Waals surface area contributed by atoms with E-state index in [-0.39, 0.29) is 42.6 Å². The standard InChI is InChI=1S/C30H35F2N3O7.C4H9NO.C4H10.C2H6/c1-17-9-10-18(2)34-16-30(17,3)35-15-21(28(40)33-14-19-11-12-20(31)13-22(19)32)26(39)27(25(35)29(34)41)42-24(38)8-6-4-5-7-23(36)37;1-4(5-2)6-3;1-4(2)3;1-2/h11-13,15,17-18H,4-10,14,16H2,1-3H3,(H,33,40)(H,36,37);1-3H3;4H,1-3H3;1-2H3. The molecule has 3 atom stereocenters. The number of hydrogen-bond acceptors (Lipinski definition) is 8. The van der Waals surface area contributed by atoms with Crippen LogP contribution in [0.2, 0.25) is 0 Å². The molecule has 1 saturated heterocycles. The molecule has 1 aromatic heterocycles. The number of hydrogen-bond donors (Lipinski definition) is 2. The Morgan fingerprint density at radius 3 is 2.20 bits per heavy atom. The molecule has 4 rings (SSSR count). The summed E-state index contributed by atoms with van der Waals surface area (Å²) in [4.78, 5) is 69.7. The van der Waals surface area contributed by atoms with Gasteiger partial charge in [0.15, 0.2) is 11.6 Å². The molecule has 1 fully saturated rings. The molecule has 2 amide bonds. The van der Waals surface area contributed by atoms with Gasteiger partial charge in [-0.25, -0.2) is 8.78 Å². The summed E-state index contributed by atoms with van der Waals surface area (Å²) in [5.41, 5.74) is -2.21. The van der Waals surface area contributed by atoms with Gasteiger partial charge in [-0.05, 0) is 57.4 Å². The van der Waals surface area contributed by atoms with Crippen molar-refractivity contribution in [1.29, 1.82) is 0 Å². The summed E-state index contributed by atoms with van der Waals surface area (Å²) in [7, 11) is 3.29. The molecule has 0 saturated carbocycles. The number of carboxylic acid groups (broad SMARTS) is 1. The summed E-state index contributed by atoms with van der Waals surface area (Å²) in [5, 5.41) is 11.3. The fourth-order valence-corrected chi connectivity index (χ4v) is 5.70. The average molecular weight is 763 g/mol. The van der Waals surface area contributed by atoms with Gasteiger partial charge >= 0.3 is 11.9 Å². The highest BCUT2D eigenvalue weighted by Gasteiger charge is 2.48. The minimum absolute atomic E-state index is 0.00141.